The Labute approximate surface area is 185 Å². The molecule has 0 bridgehead atoms. The van der Waals surface area contributed by atoms with Gasteiger partial charge in [0.15, 0.2) is 11.0 Å². The van der Waals surface area contributed by atoms with Crippen molar-refractivity contribution in [3.05, 3.63) is 88.1 Å². The van der Waals surface area contributed by atoms with Gasteiger partial charge in [-0.2, -0.15) is 9.50 Å². The van der Waals surface area contributed by atoms with Crippen molar-refractivity contribution in [2.24, 2.45) is 0 Å². The lowest BCUT2D eigenvalue weighted by atomic mass is 10.2. The monoisotopic (exact) mass is 448 g/mol. The molecule has 9 nitrogen and oxygen atoms in total. The zero-order valence-corrected chi connectivity index (χ0v) is 17.5. The predicted molar refractivity (Wildman–Crippen MR) is 119 cm³/mol. The summed E-state index contributed by atoms with van der Waals surface area (Å²) in [5.74, 6) is 1.02. The van der Waals surface area contributed by atoms with E-state index in [0.29, 0.717) is 29.0 Å². The van der Waals surface area contributed by atoms with Crippen molar-refractivity contribution in [2.45, 2.75) is 17.5 Å². The molecule has 32 heavy (non-hydrogen) atoms. The van der Waals surface area contributed by atoms with E-state index in [4.69, 9.17) is 5.73 Å². The van der Waals surface area contributed by atoms with Gasteiger partial charge in [0.1, 0.15) is 5.82 Å². The average molecular weight is 448 g/mol. The van der Waals surface area contributed by atoms with Crippen LogP contribution in [0.15, 0.2) is 70.6 Å². The van der Waals surface area contributed by atoms with E-state index in [0.717, 1.165) is 11.1 Å². The van der Waals surface area contributed by atoms with Crippen LogP contribution >= 0.6 is 11.8 Å². The van der Waals surface area contributed by atoms with Crippen LogP contribution in [0.3, 0.4) is 0 Å². The number of benzene rings is 2. The number of thioether (sulfide) groups is 1. The normalized spacial score (nSPS) is 11.3. The van der Waals surface area contributed by atoms with Crippen LogP contribution in [0.4, 0.5) is 10.3 Å². The molecule has 0 amide bonds. The van der Waals surface area contributed by atoms with Crippen LogP contribution < -0.4 is 11.3 Å². The quantitative estimate of drug-likeness (QED) is 0.383. The number of anilines is 1. The van der Waals surface area contributed by atoms with Crippen LogP contribution in [-0.4, -0.2) is 34.3 Å². The molecule has 2 aromatic carbocycles. The lowest BCUT2D eigenvalue weighted by Crippen LogP contribution is -2.15. The number of aromatic amines is 1. The number of nitrogens with two attached hydrogens (primary N) is 1. The molecule has 0 fully saturated rings. The smallest absolute Gasteiger partial charge is 0.274 e. The van der Waals surface area contributed by atoms with Crippen molar-refractivity contribution in [1.29, 1.82) is 0 Å². The molecule has 0 atom stereocenters. The number of nitrogens with zero attached hydrogens (tertiary/aromatic N) is 6. The van der Waals surface area contributed by atoms with Gasteiger partial charge in [-0.25, -0.2) is 9.37 Å². The van der Waals surface area contributed by atoms with Crippen LogP contribution in [0.2, 0.25) is 0 Å². The summed E-state index contributed by atoms with van der Waals surface area (Å²) in [7, 11) is 0. The number of nitrogen functional groups attached to an aromatic ring is 1. The second-order valence-electron chi connectivity index (χ2n) is 7.00. The lowest BCUT2D eigenvalue weighted by molar-refractivity contribution is 0.628. The third kappa shape index (κ3) is 3.97. The summed E-state index contributed by atoms with van der Waals surface area (Å²) in [5.41, 5.74) is 7.69. The summed E-state index contributed by atoms with van der Waals surface area (Å²) < 4.78 is 16.6. The van der Waals surface area contributed by atoms with Crippen LogP contribution in [0.25, 0.3) is 17.2 Å². The Morgan fingerprint density at radius 3 is 2.59 bits per heavy atom. The molecule has 3 aromatic heterocycles. The molecular formula is C21H17FN8OS. The van der Waals surface area contributed by atoms with Gasteiger partial charge in [0.25, 0.3) is 11.3 Å². The highest BCUT2D eigenvalue weighted by molar-refractivity contribution is 7.98. The van der Waals surface area contributed by atoms with E-state index in [1.165, 1.54) is 34.5 Å². The summed E-state index contributed by atoms with van der Waals surface area (Å²) >= 11 is 1.40. The van der Waals surface area contributed by atoms with Gasteiger partial charge in [-0.15, -0.1) is 10.2 Å². The maximum atomic E-state index is 13.4. The topological polar surface area (TPSA) is 120 Å². The first-order valence-corrected chi connectivity index (χ1v) is 10.7. The number of aromatic nitrogens is 7. The fraction of sp³-hybridized carbons (Fsp3) is 0.0952. The van der Waals surface area contributed by atoms with Crippen LogP contribution in [-0.2, 0) is 12.3 Å². The molecule has 0 spiro atoms. The summed E-state index contributed by atoms with van der Waals surface area (Å²) in [6, 6.07) is 17.5. The summed E-state index contributed by atoms with van der Waals surface area (Å²) in [6.45, 7) is 0.536. The van der Waals surface area contributed by atoms with Gasteiger partial charge >= 0.3 is 0 Å². The first-order valence-electron chi connectivity index (χ1n) is 9.67. The Morgan fingerprint density at radius 2 is 1.81 bits per heavy atom. The molecule has 0 aliphatic heterocycles. The van der Waals surface area contributed by atoms with Gasteiger partial charge in [0, 0.05) is 17.4 Å². The number of H-pyrrole nitrogens is 1. The van der Waals surface area contributed by atoms with E-state index in [9.17, 15) is 9.18 Å². The number of nitrogens with one attached hydrogen (secondary N) is 1. The molecule has 0 aliphatic carbocycles. The fourth-order valence-electron chi connectivity index (χ4n) is 3.27. The number of rotatable bonds is 6. The first kappa shape index (κ1) is 19.9. The summed E-state index contributed by atoms with van der Waals surface area (Å²) in [4.78, 5) is 20.7. The van der Waals surface area contributed by atoms with Crippen molar-refractivity contribution in [3.8, 4) is 11.4 Å². The zero-order valence-electron chi connectivity index (χ0n) is 16.6. The number of hydrogen-bond donors (Lipinski definition) is 2. The highest BCUT2D eigenvalue weighted by Gasteiger charge is 2.16. The van der Waals surface area contributed by atoms with Crippen LogP contribution in [0.1, 0.15) is 11.3 Å². The minimum absolute atomic E-state index is 0.117. The molecule has 5 rings (SSSR count). The highest BCUT2D eigenvalue weighted by atomic mass is 32.2. The average Bonchev–Trinajstić information content (AvgIpc) is 3.36. The largest absolute Gasteiger partial charge is 0.368 e. The summed E-state index contributed by atoms with van der Waals surface area (Å²) in [6.07, 6.45) is 0. The number of fused-ring (bicyclic) bond motifs is 1. The molecule has 0 saturated heterocycles. The lowest BCUT2D eigenvalue weighted by Gasteiger charge is -2.10. The maximum absolute atomic E-state index is 13.4. The van der Waals surface area contributed by atoms with Crippen molar-refractivity contribution in [3.63, 3.8) is 0 Å². The van der Waals surface area contributed by atoms with Crippen molar-refractivity contribution in [2.75, 3.05) is 5.73 Å². The standard InChI is InChI=1S/C21H17FN8OS/c22-15-8-6-14(7-9-15)18-26-27-21(29(18)11-13-4-2-1-3-5-13)32-12-16-10-17(31)30-20(24-16)25-19(23)28-30/h1-10H,11-12H2,(H3,23,24,25,28). The Hall–Kier alpha value is -3.99. The molecule has 3 heterocycles. The van der Waals surface area contributed by atoms with Crippen molar-refractivity contribution in [1.82, 2.24) is 34.3 Å². The second kappa shape index (κ2) is 8.27. The summed E-state index contributed by atoms with van der Waals surface area (Å²) in [5, 5.41) is 12.0. The van der Waals surface area contributed by atoms with E-state index < -0.39 is 0 Å². The second-order valence-corrected chi connectivity index (χ2v) is 7.95. The maximum Gasteiger partial charge on any atom is 0.274 e. The van der Waals surface area contributed by atoms with Gasteiger partial charge < -0.3 is 5.73 Å². The third-order valence-electron chi connectivity index (χ3n) is 4.75. The van der Waals surface area contributed by atoms with Crippen molar-refractivity contribution < 1.29 is 4.39 Å². The fourth-order valence-corrected chi connectivity index (χ4v) is 4.10. The van der Waals surface area contributed by atoms with Crippen LogP contribution in [0.5, 0.6) is 0 Å². The molecular weight excluding hydrogens is 431 g/mol. The molecule has 0 radical (unpaired) electrons. The molecule has 3 N–H and O–H groups in total. The molecule has 160 valence electrons. The Bertz CT molecular complexity index is 1440. The Morgan fingerprint density at radius 1 is 1.03 bits per heavy atom. The zero-order chi connectivity index (χ0) is 22.1. The first-order chi connectivity index (χ1) is 15.6. The molecule has 0 unspecified atom stereocenters. The van der Waals surface area contributed by atoms with E-state index in [1.807, 2.05) is 34.9 Å². The number of hydrogen-bond acceptors (Lipinski definition) is 7. The SMILES string of the molecule is Nc1nc2nc(CSc3nnc(-c4ccc(F)cc4)n3Cc3ccccc3)cc(=O)n2[nH]1. The van der Waals surface area contributed by atoms with Gasteiger partial charge in [-0.3, -0.25) is 14.5 Å². The van der Waals surface area contributed by atoms with E-state index in [-0.39, 0.29) is 23.1 Å². The van der Waals surface area contributed by atoms with Gasteiger partial charge in [0.2, 0.25) is 5.95 Å². The van der Waals surface area contributed by atoms with E-state index in [1.54, 1.807) is 12.1 Å². The Kier molecular flexibility index (Phi) is 5.15. The van der Waals surface area contributed by atoms with Gasteiger partial charge in [-0.1, -0.05) is 42.1 Å². The molecule has 5 aromatic rings. The minimum atomic E-state index is -0.316. The number of halogens is 1. The van der Waals surface area contributed by atoms with Gasteiger partial charge in [0.05, 0.1) is 12.2 Å². The third-order valence-corrected chi connectivity index (χ3v) is 5.75. The molecule has 11 heteroatoms. The highest BCUT2D eigenvalue weighted by Crippen LogP contribution is 2.27. The van der Waals surface area contributed by atoms with E-state index in [2.05, 4.69) is 25.3 Å². The minimum Gasteiger partial charge on any atom is -0.368 e. The van der Waals surface area contributed by atoms with E-state index >= 15 is 0 Å². The molecule has 0 aliphatic rings. The van der Waals surface area contributed by atoms with Gasteiger partial charge in [-0.05, 0) is 29.8 Å². The molecule has 0 saturated carbocycles. The van der Waals surface area contributed by atoms with Crippen molar-refractivity contribution >= 4 is 23.5 Å². The van der Waals surface area contributed by atoms with Crippen LogP contribution in [0, 0.1) is 5.82 Å². The predicted octanol–water partition coefficient (Wildman–Crippen LogP) is 2.74. The Balaban J connectivity index is 1.48.